The maximum atomic E-state index is 12.6. The van der Waals surface area contributed by atoms with Crippen molar-refractivity contribution in [1.29, 1.82) is 0 Å². The number of ether oxygens (including phenoxy) is 1. The van der Waals surface area contributed by atoms with Crippen LogP contribution in [0.5, 0.6) is 0 Å². The first-order valence-corrected chi connectivity index (χ1v) is 10.3. The van der Waals surface area contributed by atoms with Crippen LogP contribution in [0, 0.1) is 13.8 Å². The van der Waals surface area contributed by atoms with Gasteiger partial charge in [-0.1, -0.05) is 18.2 Å². The van der Waals surface area contributed by atoms with Gasteiger partial charge in [0.05, 0.1) is 18.1 Å². The van der Waals surface area contributed by atoms with E-state index < -0.39 is 5.97 Å². The molecule has 0 aliphatic carbocycles. The van der Waals surface area contributed by atoms with E-state index in [1.165, 1.54) is 22.2 Å². The second kappa shape index (κ2) is 7.79. The minimum atomic E-state index is -0.518. The summed E-state index contributed by atoms with van der Waals surface area (Å²) in [4.78, 5) is 44.9. The summed E-state index contributed by atoms with van der Waals surface area (Å²) >= 11 is 1.49. The lowest BCUT2D eigenvalue weighted by Gasteiger charge is -2.17. The zero-order valence-corrected chi connectivity index (χ0v) is 17.1. The Hall–Kier alpha value is -3.00. The lowest BCUT2D eigenvalue weighted by Crippen LogP contribution is -2.33. The van der Waals surface area contributed by atoms with E-state index >= 15 is 0 Å². The van der Waals surface area contributed by atoms with Crippen molar-refractivity contribution in [2.45, 2.75) is 33.2 Å². The molecule has 0 saturated heterocycles. The van der Waals surface area contributed by atoms with Crippen LogP contribution in [0.4, 0.5) is 5.69 Å². The zero-order valence-electron chi connectivity index (χ0n) is 16.3. The van der Waals surface area contributed by atoms with Crippen molar-refractivity contribution < 1.29 is 14.3 Å². The van der Waals surface area contributed by atoms with Gasteiger partial charge in [0, 0.05) is 23.7 Å². The summed E-state index contributed by atoms with van der Waals surface area (Å²) in [5.41, 5.74) is 2.76. The van der Waals surface area contributed by atoms with Gasteiger partial charge >= 0.3 is 5.97 Å². The molecule has 0 fully saturated rings. The summed E-state index contributed by atoms with van der Waals surface area (Å²) in [7, 11) is 0. The first-order chi connectivity index (χ1) is 14.0. The Balaban J connectivity index is 1.35. The molecule has 0 N–H and O–H groups in total. The second-order valence-electron chi connectivity index (χ2n) is 7.04. The summed E-state index contributed by atoms with van der Waals surface area (Å²) in [6.45, 7) is 4.31. The van der Waals surface area contributed by atoms with Crippen molar-refractivity contribution >= 4 is 39.1 Å². The number of aromatic nitrogens is 2. The number of nitrogens with zero attached hydrogens (tertiary/aromatic N) is 3. The fourth-order valence-electron chi connectivity index (χ4n) is 3.53. The van der Waals surface area contributed by atoms with E-state index in [0.29, 0.717) is 16.8 Å². The SMILES string of the molecule is Cc1sc2ncn(CCC(=O)OCC(=O)N3CCc4ccccc43)c(=O)c2c1C. The quantitative estimate of drug-likeness (QED) is 0.603. The average Bonchev–Trinajstić information content (AvgIpc) is 3.27. The van der Waals surface area contributed by atoms with Crippen LogP contribution in [-0.2, 0) is 27.3 Å². The Morgan fingerprint density at radius 3 is 2.86 bits per heavy atom. The molecule has 7 nitrogen and oxygen atoms in total. The Kier molecular flexibility index (Phi) is 5.19. The van der Waals surface area contributed by atoms with Gasteiger partial charge < -0.3 is 9.64 Å². The van der Waals surface area contributed by atoms with Crippen molar-refractivity contribution in [1.82, 2.24) is 9.55 Å². The summed E-state index contributed by atoms with van der Waals surface area (Å²) in [5, 5.41) is 0.603. The molecule has 0 atom stereocenters. The van der Waals surface area contributed by atoms with Gasteiger partial charge in [0.15, 0.2) is 6.61 Å². The number of carbonyl (C=O) groups is 2. The van der Waals surface area contributed by atoms with E-state index in [1.54, 1.807) is 4.90 Å². The lowest BCUT2D eigenvalue weighted by molar-refractivity contribution is -0.148. The van der Waals surface area contributed by atoms with Gasteiger partial charge in [-0.3, -0.25) is 19.0 Å². The van der Waals surface area contributed by atoms with Gasteiger partial charge in [0.25, 0.3) is 11.5 Å². The van der Waals surface area contributed by atoms with Crippen molar-refractivity contribution in [2.24, 2.45) is 0 Å². The number of para-hydroxylation sites is 1. The Bertz CT molecular complexity index is 1160. The maximum Gasteiger partial charge on any atom is 0.308 e. The molecule has 29 heavy (non-hydrogen) atoms. The average molecular weight is 411 g/mol. The number of esters is 1. The van der Waals surface area contributed by atoms with Crippen LogP contribution >= 0.6 is 11.3 Å². The molecule has 1 aliphatic heterocycles. The summed E-state index contributed by atoms with van der Waals surface area (Å²) in [6.07, 6.45) is 2.26. The third-order valence-electron chi connectivity index (χ3n) is 5.26. The highest BCUT2D eigenvalue weighted by Gasteiger charge is 2.24. The maximum absolute atomic E-state index is 12.6. The number of anilines is 1. The van der Waals surface area contributed by atoms with Crippen LogP contribution in [0.1, 0.15) is 22.4 Å². The molecule has 4 rings (SSSR count). The van der Waals surface area contributed by atoms with Crippen LogP contribution in [0.2, 0.25) is 0 Å². The smallest absolute Gasteiger partial charge is 0.308 e. The molecule has 150 valence electrons. The molecule has 1 aliphatic rings. The van der Waals surface area contributed by atoms with Crippen LogP contribution in [0.25, 0.3) is 10.2 Å². The Labute approximate surface area is 171 Å². The van der Waals surface area contributed by atoms with Crippen LogP contribution in [-0.4, -0.2) is 34.6 Å². The van der Waals surface area contributed by atoms with Crippen molar-refractivity contribution in [3.05, 3.63) is 57.0 Å². The minimum Gasteiger partial charge on any atom is -0.455 e. The van der Waals surface area contributed by atoms with Crippen molar-refractivity contribution in [2.75, 3.05) is 18.1 Å². The highest BCUT2D eigenvalue weighted by molar-refractivity contribution is 7.18. The lowest BCUT2D eigenvalue weighted by atomic mass is 10.2. The molecular formula is C21H21N3O4S. The van der Waals surface area contributed by atoms with Crippen molar-refractivity contribution in [3.8, 4) is 0 Å². The molecule has 1 amide bonds. The van der Waals surface area contributed by atoms with Crippen LogP contribution in [0.15, 0.2) is 35.4 Å². The highest BCUT2D eigenvalue weighted by atomic mass is 32.1. The van der Waals surface area contributed by atoms with Crippen LogP contribution < -0.4 is 10.5 Å². The molecule has 0 bridgehead atoms. The number of aryl methyl sites for hydroxylation is 3. The molecule has 8 heteroatoms. The fourth-order valence-corrected chi connectivity index (χ4v) is 4.52. The molecule has 0 unspecified atom stereocenters. The van der Waals surface area contributed by atoms with E-state index in [4.69, 9.17) is 4.74 Å². The minimum absolute atomic E-state index is 0.000866. The molecule has 3 heterocycles. The first kappa shape index (κ1) is 19.3. The number of fused-ring (bicyclic) bond motifs is 2. The molecule has 2 aromatic heterocycles. The van der Waals surface area contributed by atoms with E-state index in [2.05, 4.69) is 4.98 Å². The normalized spacial score (nSPS) is 13.0. The van der Waals surface area contributed by atoms with E-state index in [9.17, 15) is 14.4 Å². The number of hydrogen-bond acceptors (Lipinski definition) is 6. The molecule has 0 radical (unpaired) electrons. The molecule has 1 aromatic carbocycles. The number of thiophene rings is 1. The van der Waals surface area contributed by atoms with Gasteiger partial charge in [-0.15, -0.1) is 11.3 Å². The predicted molar refractivity (Wildman–Crippen MR) is 111 cm³/mol. The highest BCUT2D eigenvalue weighted by Crippen LogP contribution is 2.27. The number of hydrogen-bond donors (Lipinski definition) is 0. The predicted octanol–water partition coefficient (Wildman–Crippen LogP) is 2.60. The Morgan fingerprint density at radius 1 is 1.24 bits per heavy atom. The topological polar surface area (TPSA) is 81.5 Å². The largest absolute Gasteiger partial charge is 0.455 e. The number of benzene rings is 1. The monoisotopic (exact) mass is 411 g/mol. The van der Waals surface area contributed by atoms with Gasteiger partial charge in [0.2, 0.25) is 0 Å². The van der Waals surface area contributed by atoms with Gasteiger partial charge in [0.1, 0.15) is 4.83 Å². The summed E-state index contributed by atoms with van der Waals surface area (Å²) in [5.74, 6) is -0.760. The standard InChI is InChI=1S/C21H21N3O4S/c1-13-14(2)29-20-19(13)21(27)23(12-22-20)9-8-18(26)28-11-17(25)24-10-7-15-5-3-4-6-16(15)24/h3-6,12H,7-11H2,1-2H3. The summed E-state index contributed by atoms with van der Waals surface area (Å²) < 4.78 is 6.56. The fraction of sp³-hybridized carbons (Fsp3) is 0.333. The molecule has 0 spiro atoms. The van der Waals surface area contributed by atoms with E-state index in [-0.39, 0.29) is 31.0 Å². The Morgan fingerprint density at radius 2 is 2.03 bits per heavy atom. The molecule has 0 saturated carbocycles. The first-order valence-electron chi connectivity index (χ1n) is 9.44. The number of amides is 1. The number of rotatable bonds is 5. The van der Waals surface area contributed by atoms with Crippen molar-refractivity contribution in [3.63, 3.8) is 0 Å². The molecular weight excluding hydrogens is 390 g/mol. The zero-order chi connectivity index (χ0) is 20.5. The van der Waals surface area contributed by atoms with Gasteiger partial charge in [-0.25, -0.2) is 4.98 Å². The van der Waals surface area contributed by atoms with Crippen LogP contribution in [0.3, 0.4) is 0 Å². The van der Waals surface area contributed by atoms with Gasteiger partial charge in [-0.2, -0.15) is 0 Å². The second-order valence-corrected chi connectivity index (χ2v) is 8.24. The third kappa shape index (κ3) is 3.67. The molecule has 3 aromatic rings. The van der Waals surface area contributed by atoms with Gasteiger partial charge in [-0.05, 0) is 37.5 Å². The third-order valence-corrected chi connectivity index (χ3v) is 6.37. The number of carbonyl (C=O) groups excluding carboxylic acids is 2. The summed E-state index contributed by atoms with van der Waals surface area (Å²) in [6, 6.07) is 7.72. The van der Waals surface area contributed by atoms with E-state index in [0.717, 1.165) is 28.1 Å². The van der Waals surface area contributed by atoms with E-state index in [1.807, 2.05) is 38.1 Å².